The number of amides is 2. The van der Waals surface area contributed by atoms with Crippen LogP contribution >= 0.6 is 11.3 Å². The van der Waals surface area contributed by atoms with E-state index in [1.165, 1.54) is 28.0 Å². The number of hydrogen-bond donors (Lipinski definition) is 2. The number of ether oxygens (including phenoxy) is 2. The van der Waals surface area contributed by atoms with Gasteiger partial charge in [-0.05, 0) is 75.3 Å². The van der Waals surface area contributed by atoms with E-state index in [1.807, 2.05) is 45.3 Å². The van der Waals surface area contributed by atoms with Gasteiger partial charge in [-0.3, -0.25) is 19.4 Å². The number of carbonyl (C=O) groups excluding carboxylic acids is 3. The first-order valence-corrected chi connectivity index (χ1v) is 22.4. The number of benzene rings is 1. The van der Waals surface area contributed by atoms with Crippen LogP contribution in [0.4, 0.5) is 19.0 Å². The molecular formula is C44H54F3N9O5S. The monoisotopic (exact) mass is 877 g/mol. The van der Waals surface area contributed by atoms with E-state index < -0.39 is 42.3 Å². The number of anilines is 1. The Morgan fingerprint density at radius 2 is 1.85 bits per heavy atom. The number of alkyl halides is 3. The number of thiazole rings is 1. The average Bonchev–Trinajstić information content (AvgIpc) is 3.66. The standard InChI is InChI=1S/C44H54F3N9O5S/c1-23-13-28(23)40(57)49-32-18-36-48-33(20-62-36)25-7-8-34-29(16-25)31(19-43(3,4)22-61-42(59)38-26-14-27(15-26)56(52-38)41(32)58)39(55(34)21-44(45,46)47)30-17-35(50-51-37(30)24(2)60-6)54-11-9-53(5)10-12-54/h7-8,16-17,20,23-24,26-28,32,38,52H,9-15,18-19,21-22H2,1-6H3,(H,49,57). The zero-order valence-corrected chi connectivity index (χ0v) is 36.7. The van der Waals surface area contributed by atoms with Gasteiger partial charge in [0.25, 0.3) is 5.91 Å². The number of hydrazine groups is 1. The number of carbonyl (C=O) groups is 3. The summed E-state index contributed by atoms with van der Waals surface area (Å²) in [5.41, 5.74) is 5.90. The molecule has 2 aliphatic carbocycles. The molecule has 14 nitrogen and oxygen atoms in total. The Hall–Kier alpha value is -4.65. The van der Waals surface area contributed by atoms with Crippen LogP contribution in [0.3, 0.4) is 0 Å². The second-order valence-electron chi connectivity index (χ2n) is 18.8. The van der Waals surface area contributed by atoms with E-state index in [0.29, 0.717) is 81.4 Å². The highest BCUT2D eigenvalue weighted by Gasteiger charge is 2.52. The smallest absolute Gasteiger partial charge is 0.406 e. The van der Waals surface area contributed by atoms with Gasteiger partial charge in [0.2, 0.25) is 5.91 Å². The largest absolute Gasteiger partial charge is 0.464 e. The lowest BCUT2D eigenvalue weighted by atomic mass is 9.73. The summed E-state index contributed by atoms with van der Waals surface area (Å²) in [5, 5.41) is 16.9. The predicted octanol–water partition coefficient (Wildman–Crippen LogP) is 5.55. The Bertz CT molecular complexity index is 2390. The van der Waals surface area contributed by atoms with Gasteiger partial charge in [0.05, 0.1) is 29.1 Å². The summed E-state index contributed by atoms with van der Waals surface area (Å²) in [7, 11) is 3.58. The Balaban J connectivity index is 1.21. The summed E-state index contributed by atoms with van der Waals surface area (Å²) >= 11 is 1.35. The molecule has 2 N–H and O–H groups in total. The van der Waals surface area contributed by atoms with E-state index in [0.717, 1.165) is 19.5 Å². The van der Waals surface area contributed by atoms with Crippen LogP contribution < -0.4 is 15.6 Å². The van der Waals surface area contributed by atoms with Crippen LogP contribution in [0.1, 0.15) is 69.3 Å². The lowest BCUT2D eigenvalue weighted by Crippen LogP contribution is -2.71. The molecule has 3 aromatic heterocycles. The van der Waals surface area contributed by atoms with Gasteiger partial charge in [-0.25, -0.2) is 10.4 Å². The van der Waals surface area contributed by atoms with E-state index in [1.54, 1.807) is 19.1 Å². The van der Waals surface area contributed by atoms with Crippen molar-refractivity contribution in [1.29, 1.82) is 0 Å². The van der Waals surface area contributed by atoms with Crippen molar-refractivity contribution in [1.82, 2.24) is 40.4 Å². The third-order valence-electron chi connectivity index (χ3n) is 13.4. The fraction of sp³-hybridized carbons (Fsp3) is 0.591. The maximum atomic E-state index is 14.9. The first-order chi connectivity index (χ1) is 29.5. The van der Waals surface area contributed by atoms with Gasteiger partial charge in [0, 0.05) is 84.5 Å². The van der Waals surface area contributed by atoms with Crippen LogP contribution in [-0.2, 0) is 43.2 Å². The first kappa shape index (κ1) is 42.6. The summed E-state index contributed by atoms with van der Waals surface area (Å²) < 4.78 is 57.8. The third kappa shape index (κ3) is 8.30. The number of rotatable bonds is 7. The summed E-state index contributed by atoms with van der Waals surface area (Å²) in [5.74, 6) is -0.433. The number of halogens is 3. The fourth-order valence-corrected chi connectivity index (χ4v) is 10.3. The number of likely N-dealkylation sites (N-methyl/N-ethyl adjacent to an activating group) is 1. The summed E-state index contributed by atoms with van der Waals surface area (Å²) in [6.45, 7) is 9.29. The Kier molecular flexibility index (Phi) is 11.1. The molecule has 5 atom stereocenters. The fourth-order valence-electron chi connectivity index (χ4n) is 9.49. The van der Waals surface area contributed by atoms with Crippen molar-refractivity contribution in [2.75, 3.05) is 51.8 Å². The van der Waals surface area contributed by atoms with Crippen LogP contribution in [0.5, 0.6) is 0 Å². The van der Waals surface area contributed by atoms with Crippen molar-refractivity contribution in [2.24, 2.45) is 23.2 Å². The average molecular weight is 878 g/mol. The van der Waals surface area contributed by atoms with Gasteiger partial charge in [-0.1, -0.05) is 26.8 Å². The number of fused-ring (bicyclic) bond motifs is 4. The quantitative estimate of drug-likeness (QED) is 0.226. The minimum atomic E-state index is -4.59. The van der Waals surface area contributed by atoms with Gasteiger partial charge in [-0.2, -0.15) is 18.3 Å². The molecular weight excluding hydrogens is 824 g/mol. The number of piperazine rings is 1. The van der Waals surface area contributed by atoms with Crippen molar-refractivity contribution >= 4 is 45.8 Å². The number of esters is 1. The second kappa shape index (κ2) is 16.2. The van der Waals surface area contributed by atoms with Crippen molar-refractivity contribution < 1.29 is 37.0 Å². The Morgan fingerprint density at radius 3 is 2.55 bits per heavy atom. The number of nitrogens with zero attached hydrogens (tertiary/aromatic N) is 7. The molecule has 8 bridgehead atoms. The maximum Gasteiger partial charge on any atom is 0.406 e. The highest BCUT2D eigenvalue weighted by molar-refractivity contribution is 7.10. The molecule has 0 radical (unpaired) electrons. The highest BCUT2D eigenvalue weighted by Crippen LogP contribution is 2.45. The highest BCUT2D eigenvalue weighted by atomic mass is 32.1. The Labute approximate surface area is 362 Å². The lowest BCUT2D eigenvalue weighted by molar-refractivity contribution is -0.171. The van der Waals surface area contributed by atoms with E-state index in [4.69, 9.17) is 14.5 Å². The van der Waals surface area contributed by atoms with Gasteiger partial charge in [0.1, 0.15) is 24.3 Å². The molecule has 1 aromatic carbocycles. The lowest BCUT2D eigenvalue weighted by Gasteiger charge is -2.53. The third-order valence-corrected chi connectivity index (χ3v) is 14.3. The van der Waals surface area contributed by atoms with E-state index in [9.17, 15) is 27.6 Å². The maximum absolute atomic E-state index is 14.9. The van der Waals surface area contributed by atoms with E-state index in [2.05, 4.69) is 30.7 Å². The molecule has 6 aliphatic rings. The molecule has 5 unspecified atom stereocenters. The van der Waals surface area contributed by atoms with Gasteiger partial charge in [-0.15, -0.1) is 16.4 Å². The molecule has 4 aliphatic heterocycles. The van der Waals surface area contributed by atoms with Crippen molar-refractivity contribution in [2.45, 2.75) is 96.7 Å². The van der Waals surface area contributed by atoms with Crippen molar-refractivity contribution in [3.05, 3.63) is 45.9 Å². The molecule has 332 valence electrons. The second-order valence-corrected chi connectivity index (χ2v) is 19.7. The minimum absolute atomic E-state index is 0.0348. The van der Waals surface area contributed by atoms with Crippen LogP contribution in [0, 0.1) is 23.2 Å². The van der Waals surface area contributed by atoms with Crippen LogP contribution in [0.2, 0.25) is 0 Å². The number of methoxy groups -OCH3 is 1. The van der Waals surface area contributed by atoms with Crippen LogP contribution in [0.15, 0.2) is 29.6 Å². The molecule has 2 saturated carbocycles. The molecule has 62 heavy (non-hydrogen) atoms. The molecule has 18 heteroatoms. The first-order valence-electron chi connectivity index (χ1n) is 21.5. The number of aromatic nitrogens is 4. The predicted molar refractivity (Wildman–Crippen MR) is 227 cm³/mol. The van der Waals surface area contributed by atoms with Gasteiger partial charge in [0.15, 0.2) is 5.82 Å². The van der Waals surface area contributed by atoms with E-state index in [-0.39, 0.29) is 55.1 Å². The number of hydrogen-bond acceptors (Lipinski definition) is 12. The SMILES string of the molecule is COC(C)c1nnc(N2CCN(C)CC2)cc1-c1c2c3cc(ccc3n1CC(F)(F)F)-c1csc(n1)CC(NC(=O)C1CC1C)C(=O)N1NC(C(=O)OCC(C)(C)C2)C2CC1C2. The normalized spacial score (nSPS) is 27.0. The topological polar surface area (TPSA) is 147 Å². The van der Waals surface area contributed by atoms with Gasteiger partial charge < -0.3 is 29.2 Å². The van der Waals surface area contributed by atoms with Crippen LogP contribution in [0.25, 0.3) is 33.4 Å². The molecule has 2 amide bonds. The summed E-state index contributed by atoms with van der Waals surface area (Å²) in [4.78, 5) is 50.9. The summed E-state index contributed by atoms with van der Waals surface area (Å²) in [6.07, 6.45) is -2.86. The molecule has 7 heterocycles. The van der Waals surface area contributed by atoms with Gasteiger partial charge >= 0.3 is 12.1 Å². The zero-order valence-electron chi connectivity index (χ0n) is 35.9. The molecule has 4 aromatic rings. The zero-order chi connectivity index (χ0) is 43.8. The Morgan fingerprint density at radius 1 is 1.11 bits per heavy atom. The number of nitrogens with one attached hydrogen (secondary N) is 2. The molecule has 0 spiro atoms. The molecule has 10 rings (SSSR count). The van der Waals surface area contributed by atoms with Crippen LogP contribution in [-0.4, -0.2) is 119 Å². The van der Waals surface area contributed by atoms with Crippen molar-refractivity contribution in [3.63, 3.8) is 0 Å². The minimum Gasteiger partial charge on any atom is -0.464 e. The molecule has 5 fully saturated rings. The molecule has 3 saturated heterocycles. The van der Waals surface area contributed by atoms with E-state index >= 15 is 0 Å². The van der Waals surface area contributed by atoms with Crippen molar-refractivity contribution in [3.8, 4) is 22.5 Å². The summed E-state index contributed by atoms with van der Waals surface area (Å²) in [6, 6.07) is 5.36. The number of cyclic esters (lactones) is 1.